The molecule has 0 fully saturated rings. The molecule has 2 heterocycles. The highest BCUT2D eigenvalue weighted by molar-refractivity contribution is 7.30. The van der Waals surface area contributed by atoms with Gasteiger partial charge in [-0.2, -0.15) is 0 Å². The van der Waals surface area contributed by atoms with Gasteiger partial charge in [0.2, 0.25) is 0 Å². The highest BCUT2D eigenvalue weighted by atomic mass is 32.1. The molecule has 2 aliphatic carbocycles. The maximum atomic E-state index is 9.51. The molecule has 0 saturated carbocycles. The smallest absolute Gasteiger partial charge is 0.263 e. The van der Waals surface area contributed by atoms with Crippen LogP contribution in [-0.2, 0) is 5.41 Å². The van der Waals surface area contributed by atoms with E-state index in [-0.39, 0.29) is 5.70 Å². The molecule has 0 saturated heterocycles. The summed E-state index contributed by atoms with van der Waals surface area (Å²) in [5, 5.41) is 9.51. The Morgan fingerprint density at radius 1 is 0.708 bits per heavy atom. The quantitative estimate of drug-likeness (QED) is 0.140. The van der Waals surface area contributed by atoms with Crippen molar-refractivity contribution in [1.82, 2.24) is 0 Å². The molecule has 0 unspecified atom stereocenters. The second kappa shape index (κ2) is 10.7. The molecule has 3 nitrogen and oxygen atoms in total. The maximum Gasteiger partial charge on any atom is 0.263 e. The number of benzene rings is 5. The number of hydrogen-bond acceptors (Lipinski definition) is 4. The van der Waals surface area contributed by atoms with Crippen molar-refractivity contribution in [2.24, 2.45) is 0 Å². The van der Waals surface area contributed by atoms with Crippen molar-refractivity contribution < 1.29 is 0 Å². The van der Waals surface area contributed by atoms with Crippen LogP contribution in [0.15, 0.2) is 127 Å². The van der Waals surface area contributed by atoms with Crippen molar-refractivity contribution in [3.05, 3.63) is 177 Å². The Kier molecular flexibility index (Phi) is 6.33. The van der Waals surface area contributed by atoms with Crippen LogP contribution < -0.4 is 4.90 Å². The number of thiophene rings is 2. The van der Waals surface area contributed by atoms with E-state index in [4.69, 9.17) is 6.57 Å². The van der Waals surface area contributed by atoms with Crippen molar-refractivity contribution in [3.8, 4) is 27.6 Å². The third-order valence-corrected chi connectivity index (χ3v) is 12.1. The number of nitriles is 1. The summed E-state index contributed by atoms with van der Waals surface area (Å²) in [6.07, 6.45) is 1.72. The van der Waals surface area contributed by atoms with Gasteiger partial charge in [0.05, 0.1) is 22.8 Å². The van der Waals surface area contributed by atoms with Crippen LogP contribution in [0.1, 0.15) is 38.3 Å². The molecule has 2 aromatic heterocycles. The van der Waals surface area contributed by atoms with Crippen LogP contribution in [-0.4, -0.2) is 0 Å². The molecule has 48 heavy (non-hydrogen) atoms. The Hall–Kier alpha value is -5.72. The fourth-order valence-electron chi connectivity index (χ4n) is 7.68. The second-order valence-corrected chi connectivity index (χ2v) is 14.6. The van der Waals surface area contributed by atoms with Crippen LogP contribution in [0.4, 0.5) is 17.1 Å². The average Bonchev–Trinajstić information content (AvgIpc) is 3.83. The number of nitrogens with zero attached hydrogens (tertiary/aromatic N) is 3. The maximum absolute atomic E-state index is 9.51. The first kappa shape index (κ1) is 28.5. The summed E-state index contributed by atoms with van der Waals surface area (Å²) in [5.41, 5.74) is 14.4. The summed E-state index contributed by atoms with van der Waals surface area (Å²) < 4.78 is 2.41. The average molecular weight is 650 g/mol. The van der Waals surface area contributed by atoms with Gasteiger partial charge in [0.1, 0.15) is 0 Å². The summed E-state index contributed by atoms with van der Waals surface area (Å²) in [6.45, 7) is 11.7. The summed E-state index contributed by atoms with van der Waals surface area (Å²) in [6, 6.07) is 46.5. The number of aryl methyl sites for hydroxylation is 2. The molecule has 0 N–H and O–H groups in total. The fraction of sp³-hybridized carbons (Fsp3) is 0.0698. The zero-order valence-electron chi connectivity index (χ0n) is 26.3. The van der Waals surface area contributed by atoms with Crippen LogP contribution >= 0.6 is 22.7 Å². The topological polar surface area (TPSA) is 31.4 Å². The first-order valence-electron chi connectivity index (χ1n) is 15.8. The molecular weight excluding hydrogens is 623 g/mol. The summed E-state index contributed by atoms with van der Waals surface area (Å²) >= 11 is 3.50. The van der Waals surface area contributed by atoms with Gasteiger partial charge in [-0.25, -0.2) is 10.1 Å². The molecule has 1 spiro atoms. The summed E-state index contributed by atoms with van der Waals surface area (Å²) in [7, 11) is 0. The van der Waals surface area contributed by atoms with E-state index in [1.165, 1.54) is 64.3 Å². The Balaban J connectivity index is 1.36. The molecule has 5 heteroatoms. The predicted molar refractivity (Wildman–Crippen MR) is 200 cm³/mol. The monoisotopic (exact) mass is 649 g/mol. The van der Waals surface area contributed by atoms with Crippen molar-refractivity contribution in [1.29, 1.82) is 5.26 Å². The first-order valence-corrected chi connectivity index (χ1v) is 17.5. The number of fused-ring (bicyclic) bond motifs is 12. The van der Waals surface area contributed by atoms with E-state index < -0.39 is 5.41 Å². The minimum absolute atomic E-state index is 0.104. The van der Waals surface area contributed by atoms with Gasteiger partial charge < -0.3 is 4.90 Å². The van der Waals surface area contributed by atoms with Crippen molar-refractivity contribution in [2.45, 2.75) is 19.3 Å². The van der Waals surface area contributed by atoms with Crippen LogP contribution in [0.25, 0.3) is 41.9 Å². The number of hydrogen-bond donors (Lipinski definition) is 0. The highest BCUT2D eigenvalue weighted by Gasteiger charge is 2.54. The Morgan fingerprint density at radius 3 is 1.88 bits per heavy atom. The van der Waals surface area contributed by atoms with E-state index in [9.17, 15) is 5.26 Å². The predicted octanol–water partition coefficient (Wildman–Crippen LogP) is 12.2. The van der Waals surface area contributed by atoms with E-state index in [1.807, 2.05) is 17.4 Å². The zero-order chi connectivity index (χ0) is 32.6. The Labute approximate surface area is 287 Å². The van der Waals surface area contributed by atoms with Gasteiger partial charge in [0, 0.05) is 37.1 Å². The fourth-order valence-corrected chi connectivity index (χ4v) is 10.4. The zero-order valence-corrected chi connectivity index (χ0v) is 27.9. The molecule has 0 bridgehead atoms. The molecule has 9 rings (SSSR count). The Morgan fingerprint density at radius 2 is 1.29 bits per heavy atom. The van der Waals surface area contributed by atoms with Crippen molar-refractivity contribution >= 4 is 55.2 Å². The minimum atomic E-state index is -0.512. The van der Waals surface area contributed by atoms with Crippen molar-refractivity contribution in [2.75, 3.05) is 4.90 Å². The lowest BCUT2D eigenvalue weighted by molar-refractivity contribution is 0.803. The number of anilines is 3. The third kappa shape index (κ3) is 3.96. The lowest BCUT2D eigenvalue weighted by Crippen LogP contribution is -2.26. The lowest BCUT2D eigenvalue weighted by atomic mass is 9.71. The SMILES string of the molecule is [C-]#[N+]/C(C#N)=C\c1cc2sc3c(c2s1)C1(c2ccccc2-c2ccccc21)c1cc(N(c2ccc(C)cc2)c2ccc(C)cc2)ccc1-3. The molecule has 226 valence electrons. The molecule has 0 amide bonds. The summed E-state index contributed by atoms with van der Waals surface area (Å²) in [5.74, 6) is 0. The van der Waals surface area contributed by atoms with Gasteiger partial charge in [-0.15, -0.1) is 22.7 Å². The largest absolute Gasteiger partial charge is 0.310 e. The highest BCUT2D eigenvalue weighted by Crippen LogP contribution is 2.67. The lowest BCUT2D eigenvalue weighted by Gasteiger charge is -2.32. The molecule has 0 radical (unpaired) electrons. The first-order chi connectivity index (χ1) is 23.5. The van der Waals surface area contributed by atoms with E-state index in [1.54, 1.807) is 17.4 Å². The second-order valence-electron chi connectivity index (χ2n) is 12.5. The van der Waals surface area contributed by atoms with E-state index in [0.717, 1.165) is 21.9 Å². The number of allylic oxidation sites excluding steroid dienone is 1. The van der Waals surface area contributed by atoms with E-state index in [2.05, 4.69) is 145 Å². The van der Waals surface area contributed by atoms with Gasteiger partial charge >= 0.3 is 0 Å². The minimum Gasteiger partial charge on any atom is -0.310 e. The molecule has 0 atom stereocenters. The number of rotatable bonds is 4. The van der Waals surface area contributed by atoms with Gasteiger partial charge in [0.25, 0.3) is 5.70 Å². The van der Waals surface area contributed by atoms with Crippen molar-refractivity contribution in [3.63, 3.8) is 0 Å². The normalized spacial score (nSPS) is 13.5. The summed E-state index contributed by atoms with van der Waals surface area (Å²) in [4.78, 5) is 8.02. The standard InChI is InChI=1S/C43H27N3S2/c1-26-12-16-29(17-13-26)46(30-18-14-27(2)15-19-30)31-20-21-35-38(23-31)43(36-10-6-4-8-33(36)34-9-5-7-11-37(34)43)40-41(35)48-39-24-32(47-42(39)40)22-28(25-44)45-3/h4-24H,1-2H3/b28-22-. The molecule has 5 aromatic carbocycles. The van der Waals surface area contributed by atoms with Gasteiger partial charge in [-0.05, 0) is 95.8 Å². The van der Waals surface area contributed by atoms with E-state index >= 15 is 0 Å². The van der Waals surface area contributed by atoms with Crippen LogP contribution in [0.2, 0.25) is 0 Å². The van der Waals surface area contributed by atoms with Gasteiger partial charge in [-0.1, -0.05) is 90.0 Å². The van der Waals surface area contributed by atoms with Gasteiger partial charge in [0.15, 0.2) is 0 Å². The van der Waals surface area contributed by atoms with E-state index in [0.29, 0.717) is 0 Å². The van der Waals surface area contributed by atoms with Crippen LogP contribution in [0, 0.1) is 31.8 Å². The molecule has 0 aliphatic heterocycles. The molecule has 2 aliphatic rings. The van der Waals surface area contributed by atoms with Crippen LogP contribution in [0.3, 0.4) is 0 Å². The Bertz CT molecular complexity index is 2440. The molecule has 7 aromatic rings. The van der Waals surface area contributed by atoms with Gasteiger partial charge in [-0.3, -0.25) is 0 Å². The third-order valence-electron chi connectivity index (χ3n) is 9.72. The van der Waals surface area contributed by atoms with Crippen LogP contribution in [0.5, 0.6) is 0 Å². The molecular formula is C43H27N3S2.